The van der Waals surface area contributed by atoms with Crippen molar-refractivity contribution in [3.63, 3.8) is 0 Å². The third kappa shape index (κ3) is 1.22. The predicted octanol–water partition coefficient (Wildman–Crippen LogP) is 2.10. The fraction of sp³-hybridized carbons (Fsp3) is 0.167. The van der Waals surface area contributed by atoms with Gasteiger partial charge in [0.25, 0.3) is 0 Å². The second kappa shape index (κ2) is 2.72. The Morgan fingerprint density at radius 1 is 1.80 bits per heavy atom. The zero-order valence-electron chi connectivity index (χ0n) is 5.44. The van der Waals surface area contributed by atoms with E-state index in [1.165, 1.54) is 11.3 Å². The number of nitrogen functional groups attached to an aromatic ring is 1. The van der Waals surface area contributed by atoms with Crippen molar-refractivity contribution in [3.05, 3.63) is 20.3 Å². The van der Waals surface area contributed by atoms with Gasteiger partial charge in [0, 0.05) is 4.47 Å². The van der Waals surface area contributed by atoms with Crippen molar-refractivity contribution in [3.8, 4) is 0 Å². The SMILES string of the molecule is Cc1csc(C(=N)N)c1Br. The van der Waals surface area contributed by atoms with Crippen molar-refractivity contribution in [1.82, 2.24) is 0 Å². The molecule has 0 atom stereocenters. The molecule has 0 aromatic carbocycles. The Labute approximate surface area is 71.7 Å². The molecule has 54 valence electrons. The second-order valence-electron chi connectivity index (χ2n) is 1.98. The molecule has 4 heteroatoms. The minimum absolute atomic E-state index is 0.130. The molecular formula is C6H7BrN2S. The van der Waals surface area contributed by atoms with E-state index in [2.05, 4.69) is 15.9 Å². The van der Waals surface area contributed by atoms with E-state index in [0.29, 0.717) is 0 Å². The molecule has 0 radical (unpaired) electrons. The van der Waals surface area contributed by atoms with E-state index in [4.69, 9.17) is 11.1 Å². The van der Waals surface area contributed by atoms with Crippen LogP contribution in [0.3, 0.4) is 0 Å². The highest BCUT2D eigenvalue weighted by Crippen LogP contribution is 2.26. The van der Waals surface area contributed by atoms with Gasteiger partial charge in [0.05, 0.1) is 4.88 Å². The molecule has 0 spiro atoms. The highest BCUT2D eigenvalue weighted by atomic mass is 79.9. The average Bonchev–Trinajstić information content (AvgIpc) is 2.14. The van der Waals surface area contributed by atoms with E-state index in [9.17, 15) is 0 Å². The molecule has 0 saturated heterocycles. The lowest BCUT2D eigenvalue weighted by Gasteiger charge is -1.92. The van der Waals surface area contributed by atoms with E-state index in [0.717, 1.165) is 14.9 Å². The van der Waals surface area contributed by atoms with Crippen molar-refractivity contribution in [2.24, 2.45) is 5.73 Å². The molecular weight excluding hydrogens is 212 g/mol. The van der Waals surface area contributed by atoms with E-state index in [1.54, 1.807) is 0 Å². The molecule has 2 nitrogen and oxygen atoms in total. The smallest absolute Gasteiger partial charge is 0.134 e. The van der Waals surface area contributed by atoms with Crippen LogP contribution < -0.4 is 5.73 Å². The summed E-state index contributed by atoms with van der Waals surface area (Å²) in [6, 6.07) is 0. The average molecular weight is 219 g/mol. The predicted molar refractivity (Wildman–Crippen MR) is 47.8 cm³/mol. The summed E-state index contributed by atoms with van der Waals surface area (Å²) in [5, 5.41) is 9.12. The molecule has 1 heterocycles. The van der Waals surface area contributed by atoms with Crippen LogP contribution in [0.25, 0.3) is 0 Å². The molecule has 0 saturated carbocycles. The molecule has 3 N–H and O–H groups in total. The number of nitrogens with one attached hydrogen (secondary N) is 1. The lowest BCUT2D eigenvalue weighted by Crippen LogP contribution is -2.09. The van der Waals surface area contributed by atoms with Crippen LogP contribution in [0.4, 0.5) is 0 Å². The van der Waals surface area contributed by atoms with Gasteiger partial charge < -0.3 is 5.73 Å². The van der Waals surface area contributed by atoms with Gasteiger partial charge in [-0.05, 0) is 33.8 Å². The second-order valence-corrected chi connectivity index (χ2v) is 3.65. The van der Waals surface area contributed by atoms with Crippen molar-refractivity contribution < 1.29 is 0 Å². The molecule has 0 aliphatic heterocycles. The largest absolute Gasteiger partial charge is 0.383 e. The van der Waals surface area contributed by atoms with Crippen LogP contribution in [0.2, 0.25) is 0 Å². The Bertz CT molecular complexity index is 267. The van der Waals surface area contributed by atoms with Crippen LogP contribution in [-0.2, 0) is 0 Å². The molecule has 0 bridgehead atoms. The number of rotatable bonds is 1. The van der Waals surface area contributed by atoms with Crippen molar-refractivity contribution in [1.29, 1.82) is 5.41 Å². The quantitative estimate of drug-likeness (QED) is 0.551. The summed E-state index contributed by atoms with van der Waals surface area (Å²) in [6.45, 7) is 1.98. The summed E-state index contributed by atoms with van der Waals surface area (Å²) in [5.41, 5.74) is 6.43. The Kier molecular flexibility index (Phi) is 2.11. The van der Waals surface area contributed by atoms with E-state index >= 15 is 0 Å². The van der Waals surface area contributed by atoms with Gasteiger partial charge >= 0.3 is 0 Å². The first-order valence-electron chi connectivity index (χ1n) is 2.71. The minimum Gasteiger partial charge on any atom is -0.383 e. The van der Waals surface area contributed by atoms with E-state index in [1.807, 2.05) is 12.3 Å². The topological polar surface area (TPSA) is 49.9 Å². The van der Waals surface area contributed by atoms with Crippen LogP contribution in [-0.4, -0.2) is 5.84 Å². The third-order valence-corrected chi connectivity index (χ3v) is 3.56. The third-order valence-electron chi connectivity index (χ3n) is 1.14. The molecule has 10 heavy (non-hydrogen) atoms. The van der Waals surface area contributed by atoms with Gasteiger partial charge in [-0.3, -0.25) is 5.41 Å². The monoisotopic (exact) mass is 218 g/mol. The fourth-order valence-electron chi connectivity index (χ4n) is 0.612. The standard InChI is InChI=1S/C6H7BrN2S/c1-3-2-10-5(4(3)7)6(8)9/h2H,1H3,(H3,8,9). The highest BCUT2D eigenvalue weighted by molar-refractivity contribution is 9.10. The summed E-state index contributed by atoms with van der Waals surface area (Å²) in [6.07, 6.45) is 0. The number of aryl methyl sites for hydroxylation is 1. The van der Waals surface area contributed by atoms with Crippen LogP contribution in [0.15, 0.2) is 9.85 Å². The van der Waals surface area contributed by atoms with Gasteiger partial charge in [0.2, 0.25) is 0 Å². The summed E-state index contributed by atoms with van der Waals surface area (Å²) < 4.78 is 0.949. The summed E-state index contributed by atoms with van der Waals surface area (Å²) >= 11 is 4.83. The number of hydrogen-bond acceptors (Lipinski definition) is 2. The summed E-state index contributed by atoms with van der Waals surface area (Å²) in [4.78, 5) is 0.817. The van der Waals surface area contributed by atoms with Crippen molar-refractivity contribution >= 4 is 33.1 Å². The van der Waals surface area contributed by atoms with Crippen LogP contribution >= 0.6 is 27.3 Å². The Balaban J connectivity index is 3.17. The van der Waals surface area contributed by atoms with Gasteiger partial charge in [0.1, 0.15) is 5.84 Å². The van der Waals surface area contributed by atoms with Gasteiger partial charge in [-0.15, -0.1) is 11.3 Å². The first-order chi connectivity index (χ1) is 4.63. The number of halogens is 1. The number of amidine groups is 1. The van der Waals surface area contributed by atoms with Gasteiger partial charge in [0.15, 0.2) is 0 Å². The molecule has 0 aliphatic rings. The zero-order chi connectivity index (χ0) is 7.72. The first kappa shape index (κ1) is 7.75. The summed E-state index contributed by atoms with van der Waals surface area (Å²) in [7, 11) is 0. The van der Waals surface area contributed by atoms with Crippen molar-refractivity contribution in [2.45, 2.75) is 6.92 Å². The normalized spacial score (nSPS) is 9.80. The molecule has 1 aromatic rings. The Morgan fingerprint density at radius 2 is 2.40 bits per heavy atom. The van der Waals surface area contributed by atoms with Gasteiger partial charge in [-0.2, -0.15) is 0 Å². The maximum absolute atomic E-state index is 7.15. The Morgan fingerprint density at radius 3 is 2.60 bits per heavy atom. The molecule has 0 amide bonds. The summed E-state index contributed by atoms with van der Waals surface area (Å²) in [5.74, 6) is 0.130. The van der Waals surface area contributed by atoms with Crippen LogP contribution in [0, 0.1) is 12.3 Å². The van der Waals surface area contributed by atoms with Crippen LogP contribution in [0.1, 0.15) is 10.4 Å². The molecule has 0 unspecified atom stereocenters. The van der Waals surface area contributed by atoms with Gasteiger partial charge in [-0.1, -0.05) is 0 Å². The lowest BCUT2D eigenvalue weighted by molar-refractivity contribution is 1.43. The van der Waals surface area contributed by atoms with Crippen molar-refractivity contribution in [2.75, 3.05) is 0 Å². The Hall–Kier alpha value is -0.350. The molecule has 1 rings (SSSR count). The molecule has 1 aromatic heterocycles. The molecule has 0 aliphatic carbocycles. The zero-order valence-corrected chi connectivity index (χ0v) is 7.84. The van der Waals surface area contributed by atoms with Gasteiger partial charge in [-0.25, -0.2) is 0 Å². The first-order valence-corrected chi connectivity index (χ1v) is 4.38. The number of hydrogen-bond donors (Lipinski definition) is 2. The number of nitrogens with two attached hydrogens (primary N) is 1. The number of thiophene rings is 1. The lowest BCUT2D eigenvalue weighted by atomic mass is 10.3. The minimum atomic E-state index is 0.130. The fourth-order valence-corrected chi connectivity index (χ4v) is 2.18. The maximum Gasteiger partial charge on any atom is 0.134 e. The maximum atomic E-state index is 7.15. The highest BCUT2D eigenvalue weighted by Gasteiger charge is 2.06. The van der Waals surface area contributed by atoms with E-state index < -0.39 is 0 Å². The molecule has 0 fully saturated rings. The van der Waals surface area contributed by atoms with Crippen LogP contribution in [0.5, 0.6) is 0 Å². The van der Waals surface area contributed by atoms with E-state index in [-0.39, 0.29) is 5.84 Å².